The van der Waals surface area contributed by atoms with Crippen molar-refractivity contribution < 1.29 is 22.7 Å². The molecule has 10 heteroatoms. The summed E-state index contributed by atoms with van der Waals surface area (Å²) in [5.74, 6) is -0.482. The Bertz CT molecular complexity index is 1430. The molecule has 0 spiro atoms. The molecule has 0 aliphatic heterocycles. The van der Waals surface area contributed by atoms with Crippen LogP contribution in [-0.2, 0) is 26.2 Å². The van der Waals surface area contributed by atoms with Crippen molar-refractivity contribution in [1.82, 2.24) is 10.2 Å². The van der Waals surface area contributed by atoms with Gasteiger partial charge in [-0.1, -0.05) is 67.4 Å². The van der Waals surface area contributed by atoms with Crippen LogP contribution in [0.15, 0.2) is 77.7 Å². The van der Waals surface area contributed by atoms with Gasteiger partial charge in [-0.3, -0.25) is 13.9 Å². The Labute approximate surface area is 248 Å². The summed E-state index contributed by atoms with van der Waals surface area (Å²) >= 11 is 6.03. The molecule has 3 aromatic rings. The Morgan fingerprint density at radius 3 is 2.32 bits per heavy atom. The Balaban J connectivity index is 2.10. The van der Waals surface area contributed by atoms with E-state index in [9.17, 15) is 18.0 Å². The van der Waals surface area contributed by atoms with Gasteiger partial charge < -0.3 is 15.0 Å². The molecule has 3 aromatic carbocycles. The highest BCUT2D eigenvalue weighted by atomic mass is 35.5. The Hall–Kier alpha value is -3.56. The average molecular weight is 600 g/mol. The third-order valence-corrected chi connectivity index (χ3v) is 8.51. The first-order valence-electron chi connectivity index (χ1n) is 13.7. The summed E-state index contributed by atoms with van der Waals surface area (Å²) < 4.78 is 34.9. The normalized spacial score (nSPS) is 11.9. The van der Waals surface area contributed by atoms with Crippen molar-refractivity contribution in [2.45, 2.75) is 58.0 Å². The number of benzene rings is 3. The molecule has 3 rings (SSSR count). The fraction of sp³-hybridized carbons (Fsp3) is 0.355. The Kier molecular flexibility index (Phi) is 11.6. The van der Waals surface area contributed by atoms with Gasteiger partial charge in [0.1, 0.15) is 18.3 Å². The van der Waals surface area contributed by atoms with Gasteiger partial charge in [0.2, 0.25) is 11.8 Å². The number of amides is 2. The molecule has 2 amide bonds. The lowest BCUT2D eigenvalue weighted by atomic mass is 10.1. The first kappa shape index (κ1) is 32.0. The van der Waals surface area contributed by atoms with Crippen LogP contribution in [0.25, 0.3) is 0 Å². The van der Waals surface area contributed by atoms with Crippen LogP contribution in [0.2, 0.25) is 5.02 Å². The van der Waals surface area contributed by atoms with E-state index in [0.29, 0.717) is 30.3 Å². The minimum atomic E-state index is -4.24. The van der Waals surface area contributed by atoms with Crippen molar-refractivity contribution in [2.24, 2.45) is 0 Å². The first-order valence-corrected chi connectivity index (χ1v) is 15.6. The Morgan fingerprint density at radius 2 is 1.68 bits per heavy atom. The smallest absolute Gasteiger partial charge is 0.264 e. The van der Waals surface area contributed by atoms with Crippen LogP contribution >= 0.6 is 11.6 Å². The summed E-state index contributed by atoms with van der Waals surface area (Å²) in [4.78, 5) is 28.8. The molecular weight excluding hydrogens is 562 g/mol. The van der Waals surface area contributed by atoms with Crippen molar-refractivity contribution in [2.75, 3.05) is 24.0 Å². The summed E-state index contributed by atoms with van der Waals surface area (Å²) in [6.07, 6.45) is 1.10. The number of halogens is 1. The highest BCUT2D eigenvalue weighted by Crippen LogP contribution is 2.33. The quantitative estimate of drug-likeness (QED) is 0.261. The molecule has 0 aliphatic carbocycles. The number of ether oxygens (including phenoxy) is 1. The van der Waals surface area contributed by atoms with Gasteiger partial charge in [0, 0.05) is 18.1 Å². The lowest BCUT2D eigenvalue weighted by molar-refractivity contribution is -0.140. The second kappa shape index (κ2) is 14.9. The van der Waals surface area contributed by atoms with Crippen LogP contribution < -0.4 is 14.4 Å². The summed E-state index contributed by atoms with van der Waals surface area (Å²) in [5.41, 5.74) is 2.06. The maximum atomic E-state index is 14.2. The number of hydrogen-bond donors (Lipinski definition) is 1. The third kappa shape index (κ3) is 8.24. The molecular formula is C31H38ClN3O5S. The number of nitrogens with one attached hydrogen (secondary N) is 1. The van der Waals surface area contributed by atoms with E-state index in [1.165, 1.54) is 29.2 Å². The minimum Gasteiger partial charge on any atom is -0.492 e. The van der Waals surface area contributed by atoms with E-state index in [4.69, 9.17) is 16.3 Å². The molecule has 0 heterocycles. The summed E-state index contributed by atoms with van der Waals surface area (Å²) in [6.45, 7) is 7.90. The predicted octanol–water partition coefficient (Wildman–Crippen LogP) is 5.58. The highest BCUT2D eigenvalue weighted by Gasteiger charge is 2.34. The monoisotopic (exact) mass is 599 g/mol. The van der Waals surface area contributed by atoms with Gasteiger partial charge in [0.15, 0.2) is 0 Å². The van der Waals surface area contributed by atoms with E-state index in [-0.39, 0.29) is 23.0 Å². The number of carbonyl (C=O) groups is 2. The number of carbonyl (C=O) groups excluding carboxylic acids is 2. The molecule has 1 atom stereocenters. The first-order chi connectivity index (χ1) is 19.6. The number of rotatable bonds is 14. The van der Waals surface area contributed by atoms with Gasteiger partial charge in [0.05, 0.1) is 17.2 Å². The van der Waals surface area contributed by atoms with Crippen molar-refractivity contribution in [3.63, 3.8) is 0 Å². The zero-order valence-corrected chi connectivity index (χ0v) is 25.5. The van der Waals surface area contributed by atoms with Crippen LogP contribution in [-0.4, -0.2) is 50.9 Å². The number of para-hydroxylation sites is 2. The van der Waals surface area contributed by atoms with E-state index >= 15 is 0 Å². The summed E-state index contributed by atoms with van der Waals surface area (Å²) in [7, 11) is -4.24. The molecule has 1 unspecified atom stereocenters. The van der Waals surface area contributed by atoms with E-state index in [0.717, 1.165) is 21.9 Å². The molecule has 0 bridgehead atoms. The van der Waals surface area contributed by atoms with E-state index in [2.05, 4.69) is 5.32 Å². The van der Waals surface area contributed by atoms with Gasteiger partial charge in [-0.15, -0.1) is 0 Å². The molecule has 0 saturated carbocycles. The highest BCUT2D eigenvalue weighted by molar-refractivity contribution is 7.92. The fourth-order valence-corrected chi connectivity index (χ4v) is 6.03. The largest absolute Gasteiger partial charge is 0.492 e. The van der Waals surface area contributed by atoms with Gasteiger partial charge in [-0.05, 0) is 68.7 Å². The van der Waals surface area contributed by atoms with Crippen LogP contribution in [0.5, 0.6) is 5.75 Å². The molecule has 0 saturated heterocycles. The van der Waals surface area contributed by atoms with Crippen LogP contribution in [0.3, 0.4) is 0 Å². The Morgan fingerprint density at radius 1 is 0.976 bits per heavy atom. The fourth-order valence-electron chi connectivity index (χ4n) is 4.48. The standard InChI is InChI=1S/C31H38ClN3O5S/c1-5-19-33-31(37)27(6-2)34(21-24-12-10-11-23(4)20-24)30(36)22-35(28-13-8-9-14-29(28)40-7-3)41(38,39)26-17-15-25(32)16-18-26/h8-18,20,27H,5-7,19,21-22H2,1-4H3,(H,33,37). The number of nitrogens with zero attached hydrogens (tertiary/aromatic N) is 2. The molecule has 0 aromatic heterocycles. The van der Waals surface area contributed by atoms with E-state index in [1.807, 2.05) is 45.0 Å². The van der Waals surface area contributed by atoms with E-state index in [1.54, 1.807) is 31.2 Å². The lowest BCUT2D eigenvalue weighted by Crippen LogP contribution is -2.52. The molecule has 0 radical (unpaired) electrons. The second-order valence-corrected chi connectivity index (χ2v) is 11.9. The van der Waals surface area contributed by atoms with Crippen LogP contribution in [0.4, 0.5) is 5.69 Å². The number of anilines is 1. The number of sulfonamides is 1. The maximum absolute atomic E-state index is 14.2. The average Bonchev–Trinajstić information content (AvgIpc) is 2.95. The zero-order chi connectivity index (χ0) is 30.0. The molecule has 1 N–H and O–H groups in total. The molecule has 8 nitrogen and oxygen atoms in total. The van der Waals surface area contributed by atoms with E-state index < -0.39 is 28.5 Å². The van der Waals surface area contributed by atoms with Crippen LogP contribution in [0, 0.1) is 6.92 Å². The van der Waals surface area contributed by atoms with Gasteiger partial charge in [0.25, 0.3) is 10.0 Å². The number of aryl methyl sites for hydroxylation is 1. The minimum absolute atomic E-state index is 0.0287. The predicted molar refractivity (Wildman–Crippen MR) is 163 cm³/mol. The summed E-state index contributed by atoms with van der Waals surface area (Å²) in [5, 5.41) is 3.27. The van der Waals surface area contributed by atoms with Gasteiger partial charge in [-0.2, -0.15) is 0 Å². The molecule has 0 aliphatic rings. The molecule has 220 valence electrons. The number of hydrogen-bond acceptors (Lipinski definition) is 5. The third-order valence-electron chi connectivity index (χ3n) is 6.48. The maximum Gasteiger partial charge on any atom is 0.264 e. The van der Waals surface area contributed by atoms with Crippen molar-refractivity contribution in [3.05, 3.63) is 88.9 Å². The van der Waals surface area contributed by atoms with Crippen molar-refractivity contribution in [1.29, 1.82) is 0 Å². The molecule has 0 fully saturated rings. The summed E-state index contributed by atoms with van der Waals surface area (Å²) in [6, 6.07) is 19.3. The van der Waals surface area contributed by atoms with Crippen molar-refractivity contribution in [3.8, 4) is 5.75 Å². The van der Waals surface area contributed by atoms with Gasteiger partial charge >= 0.3 is 0 Å². The van der Waals surface area contributed by atoms with Crippen LogP contribution in [0.1, 0.15) is 44.7 Å². The lowest BCUT2D eigenvalue weighted by Gasteiger charge is -2.33. The SMILES string of the molecule is CCCNC(=O)C(CC)N(Cc1cccc(C)c1)C(=O)CN(c1ccccc1OCC)S(=O)(=O)c1ccc(Cl)cc1. The topological polar surface area (TPSA) is 96.0 Å². The second-order valence-electron chi connectivity index (χ2n) is 9.59. The van der Waals surface area contributed by atoms with Crippen molar-refractivity contribution >= 4 is 39.1 Å². The molecule has 41 heavy (non-hydrogen) atoms. The van der Waals surface area contributed by atoms with Gasteiger partial charge in [-0.25, -0.2) is 8.42 Å². The zero-order valence-electron chi connectivity index (χ0n) is 24.0.